The summed E-state index contributed by atoms with van der Waals surface area (Å²) in [5.74, 6) is -1.46. The van der Waals surface area contributed by atoms with E-state index in [1.165, 1.54) is 0 Å². The third-order valence-electron chi connectivity index (χ3n) is 5.15. The molecular formula is C20H18FNO4. The van der Waals surface area contributed by atoms with Crippen molar-refractivity contribution in [2.45, 2.75) is 24.6 Å². The third kappa shape index (κ3) is 2.62. The van der Waals surface area contributed by atoms with Gasteiger partial charge in [-0.15, -0.1) is 0 Å². The number of carboxylic acids is 1. The van der Waals surface area contributed by atoms with Crippen LogP contribution in [0.25, 0.3) is 11.1 Å². The van der Waals surface area contributed by atoms with Gasteiger partial charge in [-0.2, -0.15) is 0 Å². The smallest absolute Gasteiger partial charge is 0.410 e. The number of fused-ring (bicyclic) bond motifs is 3. The van der Waals surface area contributed by atoms with Crippen LogP contribution in [0, 0.1) is 0 Å². The van der Waals surface area contributed by atoms with E-state index in [-0.39, 0.29) is 25.5 Å². The summed E-state index contributed by atoms with van der Waals surface area (Å²) in [6, 6.07) is 14.4. The summed E-state index contributed by atoms with van der Waals surface area (Å²) in [4.78, 5) is 24.6. The monoisotopic (exact) mass is 355 g/mol. The van der Waals surface area contributed by atoms with Gasteiger partial charge in [-0.05, 0) is 28.7 Å². The molecule has 0 spiro atoms. The number of ether oxygens (including phenoxy) is 1. The van der Waals surface area contributed by atoms with Gasteiger partial charge >= 0.3 is 12.1 Å². The van der Waals surface area contributed by atoms with E-state index in [0.717, 1.165) is 27.2 Å². The number of benzene rings is 2. The van der Waals surface area contributed by atoms with Crippen LogP contribution in [0.1, 0.15) is 23.5 Å². The summed E-state index contributed by atoms with van der Waals surface area (Å²) in [7, 11) is 0. The van der Waals surface area contributed by atoms with Crippen LogP contribution in [0.15, 0.2) is 48.5 Å². The number of carbonyl (C=O) groups excluding carboxylic acids is 1. The van der Waals surface area contributed by atoms with E-state index in [0.29, 0.717) is 0 Å². The fourth-order valence-electron chi connectivity index (χ4n) is 3.92. The first-order valence-corrected chi connectivity index (χ1v) is 8.56. The standard InChI is InChI=1S/C20H18FNO4/c21-17-9-10-22(18(17)19(23)24)20(25)26-11-16-14-7-3-1-5-12(14)13-6-2-4-8-15(13)16/h1-8,16-18H,9-11H2,(H,23,24)/t17-,18-/m0/s1. The van der Waals surface area contributed by atoms with Crippen LogP contribution in [0.2, 0.25) is 0 Å². The average molecular weight is 355 g/mol. The molecule has 4 rings (SSSR count). The number of likely N-dealkylation sites (tertiary alicyclic amines) is 1. The van der Waals surface area contributed by atoms with E-state index < -0.39 is 24.3 Å². The molecule has 1 heterocycles. The summed E-state index contributed by atoms with van der Waals surface area (Å²) in [6.45, 7) is 0.140. The second kappa shape index (κ2) is 6.44. The Labute approximate surface area is 150 Å². The van der Waals surface area contributed by atoms with E-state index in [4.69, 9.17) is 9.84 Å². The molecule has 0 saturated carbocycles. The van der Waals surface area contributed by atoms with E-state index in [1.54, 1.807) is 0 Å². The highest BCUT2D eigenvalue weighted by molar-refractivity contribution is 5.82. The van der Waals surface area contributed by atoms with Crippen molar-refractivity contribution in [3.05, 3.63) is 59.7 Å². The van der Waals surface area contributed by atoms with Gasteiger partial charge in [-0.3, -0.25) is 4.90 Å². The molecular weight excluding hydrogens is 337 g/mol. The highest BCUT2D eigenvalue weighted by Crippen LogP contribution is 2.44. The normalized spacial score (nSPS) is 21.3. The van der Waals surface area contributed by atoms with Crippen molar-refractivity contribution >= 4 is 12.1 Å². The number of amides is 1. The number of rotatable bonds is 3. The van der Waals surface area contributed by atoms with Gasteiger partial charge in [0.1, 0.15) is 12.8 Å². The zero-order chi connectivity index (χ0) is 18.3. The van der Waals surface area contributed by atoms with Crippen molar-refractivity contribution in [3.63, 3.8) is 0 Å². The van der Waals surface area contributed by atoms with Crippen LogP contribution in [0.5, 0.6) is 0 Å². The summed E-state index contributed by atoms with van der Waals surface area (Å²) in [5.41, 5.74) is 4.36. The number of carboxylic acid groups (broad SMARTS) is 1. The molecule has 1 aliphatic heterocycles. The van der Waals surface area contributed by atoms with Gasteiger partial charge in [0.25, 0.3) is 0 Å². The van der Waals surface area contributed by atoms with E-state index in [9.17, 15) is 14.0 Å². The van der Waals surface area contributed by atoms with Crippen molar-refractivity contribution < 1.29 is 23.8 Å². The molecule has 0 unspecified atom stereocenters. The third-order valence-corrected chi connectivity index (χ3v) is 5.15. The maximum atomic E-state index is 13.8. The van der Waals surface area contributed by atoms with E-state index >= 15 is 0 Å². The SMILES string of the molecule is O=C(O)[C@@H]1[C@@H](F)CCN1C(=O)OCC1c2ccccc2-c2ccccc21. The number of carbonyl (C=O) groups is 2. The van der Waals surface area contributed by atoms with E-state index in [1.807, 2.05) is 48.5 Å². The Morgan fingerprint density at radius 1 is 1.08 bits per heavy atom. The topological polar surface area (TPSA) is 66.8 Å². The number of halogens is 1. The predicted octanol–water partition coefficient (Wildman–Crippen LogP) is 3.43. The Hall–Kier alpha value is -2.89. The van der Waals surface area contributed by atoms with Crippen LogP contribution in [0.4, 0.5) is 9.18 Å². The summed E-state index contributed by atoms with van der Waals surface area (Å²) < 4.78 is 19.2. The Morgan fingerprint density at radius 3 is 2.23 bits per heavy atom. The lowest BCUT2D eigenvalue weighted by molar-refractivity contribution is -0.143. The van der Waals surface area contributed by atoms with Gasteiger partial charge in [0.15, 0.2) is 6.04 Å². The largest absolute Gasteiger partial charge is 0.480 e. The van der Waals surface area contributed by atoms with Gasteiger partial charge in [0.05, 0.1) is 0 Å². The minimum absolute atomic E-state index is 0.0150. The first kappa shape index (κ1) is 16.6. The number of aliphatic carboxylic acids is 1. The molecule has 2 aromatic rings. The van der Waals surface area contributed by atoms with Gasteiger partial charge < -0.3 is 9.84 Å². The molecule has 2 aliphatic rings. The van der Waals surface area contributed by atoms with Crippen molar-refractivity contribution in [2.75, 3.05) is 13.2 Å². The lowest BCUT2D eigenvalue weighted by Crippen LogP contribution is -2.44. The molecule has 6 heteroatoms. The van der Waals surface area contributed by atoms with Crippen molar-refractivity contribution in [1.82, 2.24) is 4.90 Å². The molecule has 1 N–H and O–H groups in total. The second-order valence-corrected chi connectivity index (χ2v) is 6.59. The number of alkyl halides is 1. The van der Waals surface area contributed by atoms with Crippen molar-refractivity contribution in [2.24, 2.45) is 0 Å². The minimum atomic E-state index is -1.56. The Balaban J connectivity index is 1.53. The number of nitrogens with zero attached hydrogens (tertiary/aromatic N) is 1. The van der Waals surface area contributed by atoms with Crippen LogP contribution >= 0.6 is 0 Å². The maximum absolute atomic E-state index is 13.8. The fourth-order valence-corrected chi connectivity index (χ4v) is 3.92. The second-order valence-electron chi connectivity index (χ2n) is 6.59. The van der Waals surface area contributed by atoms with Crippen LogP contribution in [-0.4, -0.2) is 47.4 Å². The first-order chi connectivity index (χ1) is 12.6. The zero-order valence-corrected chi connectivity index (χ0v) is 14.0. The van der Waals surface area contributed by atoms with Crippen LogP contribution in [0.3, 0.4) is 0 Å². The Morgan fingerprint density at radius 2 is 1.65 bits per heavy atom. The van der Waals surface area contributed by atoms with Gasteiger partial charge in [-0.1, -0.05) is 48.5 Å². The Kier molecular flexibility index (Phi) is 4.11. The lowest BCUT2D eigenvalue weighted by Gasteiger charge is -2.23. The Bertz CT molecular complexity index is 823. The highest BCUT2D eigenvalue weighted by Gasteiger charge is 2.43. The fraction of sp³-hybridized carbons (Fsp3) is 0.300. The molecule has 0 aromatic heterocycles. The predicted molar refractivity (Wildman–Crippen MR) is 92.7 cm³/mol. The van der Waals surface area contributed by atoms with Gasteiger partial charge in [0.2, 0.25) is 0 Å². The molecule has 2 aromatic carbocycles. The number of hydrogen-bond donors (Lipinski definition) is 1. The molecule has 1 saturated heterocycles. The molecule has 0 bridgehead atoms. The first-order valence-electron chi connectivity index (χ1n) is 8.56. The van der Waals surface area contributed by atoms with E-state index in [2.05, 4.69) is 0 Å². The molecule has 1 fully saturated rings. The molecule has 0 radical (unpaired) electrons. The molecule has 1 aliphatic carbocycles. The molecule has 1 amide bonds. The highest BCUT2D eigenvalue weighted by atomic mass is 19.1. The van der Waals surface area contributed by atoms with Crippen LogP contribution < -0.4 is 0 Å². The minimum Gasteiger partial charge on any atom is -0.480 e. The van der Waals surface area contributed by atoms with Crippen LogP contribution in [-0.2, 0) is 9.53 Å². The summed E-state index contributed by atoms with van der Waals surface area (Å²) in [6.07, 6.45) is -2.33. The molecule has 5 nitrogen and oxygen atoms in total. The molecule has 134 valence electrons. The number of hydrogen-bond acceptors (Lipinski definition) is 3. The summed E-state index contributed by atoms with van der Waals surface area (Å²) in [5, 5.41) is 9.15. The maximum Gasteiger partial charge on any atom is 0.410 e. The van der Waals surface area contributed by atoms with Crippen molar-refractivity contribution in [1.29, 1.82) is 0 Å². The summed E-state index contributed by atoms with van der Waals surface area (Å²) >= 11 is 0. The lowest BCUT2D eigenvalue weighted by atomic mass is 9.98. The quantitative estimate of drug-likeness (QED) is 0.916. The van der Waals surface area contributed by atoms with Crippen molar-refractivity contribution in [3.8, 4) is 11.1 Å². The zero-order valence-electron chi connectivity index (χ0n) is 14.0. The van der Waals surface area contributed by atoms with Gasteiger partial charge in [-0.25, -0.2) is 14.0 Å². The van der Waals surface area contributed by atoms with Gasteiger partial charge in [0, 0.05) is 12.5 Å². The molecule has 2 atom stereocenters. The molecule has 26 heavy (non-hydrogen) atoms. The average Bonchev–Trinajstić information content (AvgIpc) is 3.18.